The SMILES string of the molecule is N#Cc1ccc(N2CC(=O)Nc3ccccc32)cn1. The number of hydrogen-bond acceptors (Lipinski definition) is 4. The van der Waals surface area contributed by atoms with E-state index in [1.165, 1.54) is 0 Å². The number of rotatable bonds is 1. The molecule has 0 aliphatic carbocycles. The average molecular weight is 250 g/mol. The van der Waals surface area contributed by atoms with Crippen molar-refractivity contribution in [2.45, 2.75) is 0 Å². The number of carbonyl (C=O) groups is 1. The largest absolute Gasteiger partial charge is 0.329 e. The van der Waals surface area contributed by atoms with Gasteiger partial charge in [-0.1, -0.05) is 12.1 Å². The van der Waals surface area contributed by atoms with Crippen molar-refractivity contribution in [3.05, 3.63) is 48.3 Å². The first kappa shape index (κ1) is 11.2. The average Bonchev–Trinajstić information content (AvgIpc) is 2.46. The molecular weight excluding hydrogens is 240 g/mol. The fourth-order valence-corrected chi connectivity index (χ4v) is 2.08. The number of para-hydroxylation sites is 2. The molecule has 1 aliphatic heterocycles. The van der Waals surface area contributed by atoms with Crippen molar-refractivity contribution in [2.24, 2.45) is 0 Å². The summed E-state index contributed by atoms with van der Waals surface area (Å²) < 4.78 is 0. The third-order valence-electron chi connectivity index (χ3n) is 2.94. The van der Waals surface area contributed by atoms with Crippen molar-refractivity contribution in [2.75, 3.05) is 16.8 Å². The van der Waals surface area contributed by atoms with Crippen LogP contribution in [-0.4, -0.2) is 17.4 Å². The topological polar surface area (TPSA) is 69.0 Å². The lowest BCUT2D eigenvalue weighted by Gasteiger charge is -2.30. The predicted molar refractivity (Wildman–Crippen MR) is 71.0 cm³/mol. The van der Waals surface area contributed by atoms with Crippen LogP contribution in [0.3, 0.4) is 0 Å². The fraction of sp³-hybridized carbons (Fsp3) is 0.0714. The molecule has 2 heterocycles. The van der Waals surface area contributed by atoms with Crippen LogP contribution in [-0.2, 0) is 4.79 Å². The molecule has 92 valence electrons. The maximum absolute atomic E-state index is 11.7. The molecule has 1 aromatic heterocycles. The highest BCUT2D eigenvalue weighted by molar-refractivity contribution is 6.03. The van der Waals surface area contributed by atoms with Gasteiger partial charge in [-0.2, -0.15) is 5.26 Å². The van der Waals surface area contributed by atoms with E-state index in [1.807, 2.05) is 35.2 Å². The predicted octanol–water partition coefficient (Wildman–Crippen LogP) is 2.04. The number of hydrogen-bond donors (Lipinski definition) is 1. The van der Waals surface area contributed by atoms with Gasteiger partial charge in [-0.05, 0) is 24.3 Å². The van der Waals surface area contributed by atoms with Gasteiger partial charge in [-0.15, -0.1) is 0 Å². The zero-order chi connectivity index (χ0) is 13.2. The summed E-state index contributed by atoms with van der Waals surface area (Å²) in [5.74, 6) is -0.0666. The molecule has 0 bridgehead atoms. The highest BCUT2D eigenvalue weighted by Gasteiger charge is 2.22. The highest BCUT2D eigenvalue weighted by Crippen LogP contribution is 2.34. The van der Waals surface area contributed by atoms with Gasteiger partial charge in [0.2, 0.25) is 5.91 Å². The molecule has 0 fully saturated rings. The molecule has 0 saturated heterocycles. The van der Waals surface area contributed by atoms with Crippen molar-refractivity contribution in [1.29, 1.82) is 5.26 Å². The Bertz CT molecular complexity index is 673. The van der Waals surface area contributed by atoms with Crippen molar-refractivity contribution in [1.82, 2.24) is 4.98 Å². The monoisotopic (exact) mass is 250 g/mol. The number of anilines is 3. The van der Waals surface area contributed by atoms with Crippen LogP contribution in [0.4, 0.5) is 17.1 Å². The molecule has 0 spiro atoms. The van der Waals surface area contributed by atoms with E-state index in [-0.39, 0.29) is 12.5 Å². The summed E-state index contributed by atoms with van der Waals surface area (Å²) in [7, 11) is 0. The van der Waals surface area contributed by atoms with Crippen molar-refractivity contribution in [3.8, 4) is 6.07 Å². The van der Waals surface area contributed by atoms with Gasteiger partial charge < -0.3 is 10.2 Å². The van der Waals surface area contributed by atoms with Crippen molar-refractivity contribution >= 4 is 23.0 Å². The number of fused-ring (bicyclic) bond motifs is 1. The van der Waals surface area contributed by atoms with Crippen molar-refractivity contribution < 1.29 is 4.79 Å². The first-order valence-electron chi connectivity index (χ1n) is 5.80. The third kappa shape index (κ3) is 2.00. The molecule has 0 unspecified atom stereocenters. The van der Waals surface area contributed by atoms with Crippen LogP contribution in [0.2, 0.25) is 0 Å². The zero-order valence-corrected chi connectivity index (χ0v) is 10.00. The number of aromatic nitrogens is 1. The molecule has 3 rings (SSSR count). The summed E-state index contributed by atoms with van der Waals surface area (Å²) in [5, 5.41) is 11.6. The molecule has 5 nitrogen and oxygen atoms in total. The maximum Gasteiger partial charge on any atom is 0.244 e. The van der Waals surface area contributed by atoms with E-state index < -0.39 is 0 Å². The van der Waals surface area contributed by atoms with Crippen LogP contribution in [0.5, 0.6) is 0 Å². The zero-order valence-electron chi connectivity index (χ0n) is 10.00. The lowest BCUT2D eigenvalue weighted by Crippen LogP contribution is -2.35. The minimum atomic E-state index is -0.0666. The van der Waals surface area contributed by atoms with Crippen LogP contribution in [0.15, 0.2) is 42.6 Å². The van der Waals surface area contributed by atoms with Crippen LogP contribution < -0.4 is 10.2 Å². The molecule has 1 amide bonds. The van der Waals surface area contributed by atoms with Crippen LogP contribution >= 0.6 is 0 Å². The number of nitrogens with one attached hydrogen (secondary N) is 1. The van der Waals surface area contributed by atoms with E-state index in [0.29, 0.717) is 5.69 Å². The maximum atomic E-state index is 11.7. The quantitative estimate of drug-likeness (QED) is 0.840. The summed E-state index contributed by atoms with van der Waals surface area (Å²) in [6, 6.07) is 13.0. The normalized spacial score (nSPS) is 13.4. The molecule has 19 heavy (non-hydrogen) atoms. The molecule has 0 atom stereocenters. The van der Waals surface area contributed by atoms with Gasteiger partial charge in [0.1, 0.15) is 18.3 Å². The summed E-state index contributed by atoms with van der Waals surface area (Å²) in [4.78, 5) is 17.6. The van der Waals surface area contributed by atoms with Gasteiger partial charge in [-0.25, -0.2) is 4.98 Å². The third-order valence-corrected chi connectivity index (χ3v) is 2.94. The van der Waals surface area contributed by atoms with E-state index >= 15 is 0 Å². The molecule has 0 saturated carbocycles. The summed E-state index contributed by atoms with van der Waals surface area (Å²) >= 11 is 0. The molecule has 1 aromatic carbocycles. The Morgan fingerprint density at radius 1 is 1.26 bits per heavy atom. The second-order valence-corrected chi connectivity index (χ2v) is 4.16. The smallest absolute Gasteiger partial charge is 0.244 e. The number of carbonyl (C=O) groups excluding carboxylic acids is 1. The first-order chi connectivity index (χ1) is 9.28. The highest BCUT2D eigenvalue weighted by atomic mass is 16.2. The van der Waals surface area contributed by atoms with Gasteiger partial charge in [0.25, 0.3) is 0 Å². The second kappa shape index (κ2) is 4.42. The Hall–Kier alpha value is -2.87. The Labute approximate surface area is 110 Å². The number of benzene rings is 1. The first-order valence-corrected chi connectivity index (χ1v) is 5.80. The van der Waals surface area contributed by atoms with Gasteiger partial charge >= 0.3 is 0 Å². The van der Waals surface area contributed by atoms with E-state index in [0.717, 1.165) is 17.1 Å². The number of pyridine rings is 1. The lowest BCUT2D eigenvalue weighted by molar-refractivity contribution is -0.115. The number of nitrogens with zero attached hydrogens (tertiary/aromatic N) is 3. The molecule has 2 aromatic rings. The van der Waals surface area contributed by atoms with Crippen LogP contribution in [0.1, 0.15) is 5.69 Å². The van der Waals surface area contributed by atoms with Gasteiger partial charge in [0, 0.05) is 0 Å². The Morgan fingerprint density at radius 2 is 2.11 bits per heavy atom. The number of nitriles is 1. The Kier molecular flexibility index (Phi) is 2.62. The van der Waals surface area contributed by atoms with E-state index in [9.17, 15) is 4.79 Å². The molecule has 1 aliphatic rings. The molecule has 1 N–H and O–H groups in total. The van der Waals surface area contributed by atoms with Gasteiger partial charge in [0.05, 0.1) is 23.3 Å². The minimum absolute atomic E-state index is 0.0666. The summed E-state index contributed by atoms with van der Waals surface area (Å²) in [5.41, 5.74) is 2.86. The lowest BCUT2D eigenvalue weighted by atomic mass is 10.1. The fourth-order valence-electron chi connectivity index (χ4n) is 2.08. The van der Waals surface area contributed by atoms with Crippen molar-refractivity contribution in [3.63, 3.8) is 0 Å². The Balaban J connectivity index is 2.05. The van der Waals surface area contributed by atoms with E-state index in [1.54, 1.807) is 18.3 Å². The Morgan fingerprint density at radius 3 is 2.84 bits per heavy atom. The minimum Gasteiger partial charge on any atom is -0.329 e. The van der Waals surface area contributed by atoms with Crippen LogP contribution in [0.25, 0.3) is 0 Å². The van der Waals surface area contributed by atoms with Crippen LogP contribution in [0, 0.1) is 11.3 Å². The molecule has 0 radical (unpaired) electrons. The van der Waals surface area contributed by atoms with Gasteiger partial charge in [0.15, 0.2) is 0 Å². The summed E-state index contributed by atoms with van der Waals surface area (Å²) in [6.45, 7) is 0.241. The summed E-state index contributed by atoms with van der Waals surface area (Å²) in [6.07, 6.45) is 1.61. The standard InChI is InChI=1S/C14H10N4O/c15-7-10-5-6-11(8-16-10)18-9-14(19)17-12-3-1-2-4-13(12)18/h1-6,8H,9H2,(H,17,19). The molecular formula is C14H10N4O. The second-order valence-electron chi connectivity index (χ2n) is 4.16. The van der Waals surface area contributed by atoms with Gasteiger partial charge in [-0.3, -0.25) is 4.79 Å². The number of amides is 1. The van der Waals surface area contributed by atoms with E-state index in [4.69, 9.17) is 5.26 Å². The molecule has 5 heteroatoms. The van der Waals surface area contributed by atoms with E-state index in [2.05, 4.69) is 10.3 Å².